The molecular weight excluding hydrogens is 258 g/mol. The van der Waals surface area contributed by atoms with Crippen LogP contribution in [0.25, 0.3) is 0 Å². The fourth-order valence-corrected chi connectivity index (χ4v) is 2.46. The van der Waals surface area contributed by atoms with Crippen molar-refractivity contribution in [3.05, 3.63) is 71.8 Å². The predicted molar refractivity (Wildman–Crippen MR) is 88.0 cm³/mol. The molecule has 2 N–H and O–H groups in total. The molecule has 21 heavy (non-hydrogen) atoms. The van der Waals surface area contributed by atoms with Crippen LogP contribution < -0.4 is 5.73 Å². The van der Waals surface area contributed by atoms with Gasteiger partial charge in [0.25, 0.3) is 0 Å². The molecule has 2 nitrogen and oxygen atoms in total. The zero-order valence-electron chi connectivity index (χ0n) is 12.7. The molecule has 0 aliphatic rings. The summed E-state index contributed by atoms with van der Waals surface area (Å²) in [4.78, 5) is 0. The first-order chi connectivity index (χ1) is 10.3. The summed E-state index contributed by atoms with van der Waals surface area (Å²) in [6.45, 7) is 2.96. The highest BCUT2D eigenvalue weighted by atomic mass is 16.5. The lowest BCUT2D eigenvalue weighted by Crippen LogP contribution is -2.22. The number of hydrogen-bond donors (Lipinski definition) is 1. The average Bonchev–Trinajstić information content (AvgIpc) is 2.56. The van der Waals surface area contributed by atoms with E-state index in [4.69, 9.17) is 10.5 Å². The monoisotopic (exact) mass is 283 g/mol. The van der Waals surface area contributed by atoms with Crippen molar-refractivity contribution in [3.63, 3.8) is 0 Å². The van der Waals surface area contributed by atoms with Gasteiger partial charge < -0.3 is 10.5 Å². The molecule has 0 saturated carbocycles. The highest BCUT2D eigenvalue weighted by molar-refractivity contribution is 5.26. The van der Waals surface area contributed by atoms with Crippen molar-refractivity contribution in [3.8, 4) is 0 Å². The van der Waals surface area contributed by atoms with E-state index in [2.05, 4.69) is 31.2 Å². The summed E-state index contributed by atoms with van der Waals surface area (Å²) in [5.41, 5.74) is 8.72. The van der Waals surface area contributed by atoms with Gasteiger partial charge in [-0.25, -0.2) is 0 Å². The van der Waals surface area contributed by atoms with Gasteiger partial charge in [0.1, 0.15) is 6.10 Å². The first-order valence-corrected chi connectivity index (χ1v) is 7.80. The minimum atomic E-state index is -0.143. The van der Waals surface area contributed by atoms with Gasteiger partial charge in [-0.2, -0.15) is 0 Å². The number of unbranched alkanes of at least 4 members (excludes halogenated alkanes) is 2. The molecule has 2 unspecified atom stereocenters. The molecule has 0 bridgehead atoms. The first-order valence-electron chi connectivity index (χ1n) is 7.80. The second-order valence-electron chi connectivity index (χ2n) is 5.35. The molecule has 0 radical (unpaired) electrons. The van der Waals surface area contributed by atoms with Gasteiger partial charge in [0.2, 0.25) is 0 Å². The molecule has 0 fully saturated rings. The first kappa shape index (κ1) is 15.7. The van der Waals surface area contributed by atoms with Gasteiger partial charge in [-0.3, -0.25) is 0 Å². The third kappa shape index (κ3) is 4.69. The summed E-state index contributed by atoms with van der Waals surface area (Å²) in [5, 5.41) is 0. The van der Waals surface area contributed by atoms with Crippen LogP contribution in [0.4, 0.5) is 0 Å². The van der Waals surface area contributed by atoms with Crippen LogP contribution in [0.5, 0.6) is 0 Å². The molecule has 0 saturated heterocycles. The zero-order chi connectivity index (χ0) is 14.9. The van der Waals surface area contributed by atoms with Crippen LogP contribution in [0.1, 0.15) is 49.5 Å². The second-order valence-corrected chi connectivity index (χ2v) is 5.35. The molecule has 2 rings (SSSR count). The van der Waals surface area contributed by atoms with E-state index in [1.165, 1.54) is 12.8 Å². The Labute approximate surface area is 127 Å². The second kappa shape index (κ2) is 8.60. The summed E-state index contributed by atoms with van der Waals surface area (Å²) >= 11 is 0. The number of hydrogen-bond acceptors (Lipinski definition) is 2. The lowest BCUT2D eigenvalue weighted by atomic mass is 9.96. The van der Waals surface area contributed by atoms with Crippen molar-refractivity contribution >= 4 is 0 Å². The van der Waals surface area contributed by atoms with Gasteiger partial charge >= 0.3 is 0 Å². The van der Waals surface area contributed by atoms with E-state index in [-0.39, 0.29) is 12.1 Å². The highest BCUT2D eigenvalue weighted by Crippen LogP contribution is 2.30. The van der Waals surface area contributed by atoms with Crippen LogP contribution >= 0.6 is 0 Å². The molecule has 2 heteroatoms. The standard InChI is InChI=1S/C19H25NO/c1-2-3-10-15-21-19(17-13-8-5-9-14-17)18(20)16-11-6-4-7-12-16/h4-9,11-14,18-19H,2-3,10,15,20H2,1H3. The number of rotatable bonds is 8. The Kier molecular flexibility index (Phi) is 6.45. The van der Waals surface area contributed by atoms with Crippen LogP contribution in [-0.4, -0.2) is 6.61 Å². The molecule has 0 aromatic heterocycles. The van der Waals surface area contributed by atoms with Crippen molar-refractivity contribution in [2.24, 2.45) is 5.73 Å². The Morgan fingerprint density at radius 1 is 0.857 bits per heavy atom. The van der Waals surface area contributed by atoms with Gasteiger partial charge in [0.05, 0.1) is 6.04 Å². The molecule has 2 aromatic carbocycles. The molecule has 0 spiro atoms. The number of ether oxygens (including phenoxy) is 1. The van der Waals surface area contributed by atoms with E-state index in [1.54, 1.807) is 0 Å². The van der Waals surface area contributed by atoms with Gasteiger partial charge in [-0.1, -0.05) is 80.4 Å². The maximum absolute atomic E-state index is 6.46. The molecule has 0 aliphatic heterocycles. The van der Waals surface area contributed by atoms with Gasteiger partial charge in [0, 0.05) is 6.61 Å². The Bertz CT molecular complexity index is 497. The van der Waals surface area contributed by atoms with E-state index in [9.17, 15) is 0 Å². The minimum absolute atomic E-state index is 0.0922. The highest BCUT2D eigenvalue weighted by Gasteiger charge is 2.21. The lowest BCUT2D eigenvalue weighted by Gasteiger charge is -2.25. The van der Waals surface area contributed by atoms with E-state index in [0.29, 0.717) is 0 Å². The Morgan fingerprint density at radius 2 is 1.43 bits per heavy atom. The van der Waals surface area contributed by atoms with E-state index < -0.39 is 0 Å². The summed E-state index contributed by atoms with van der Waals surface area (Å²) in [5.74, 6) is 0. The number of nitrogens with two attached hydrogens (primary N) is 1. The van der Waals surface area contributed by atoms with E-state index in [0.717, 1.165) is 24.2 Å². The van der Waals surface area contributed by atoms with Crippen LogP contribution in [0.2, 0.25) is 0 Å². The van der Waals surface area contributed by atoms with Gasteiger partial charge in [0.15, 0.2) is 0 Å². The fraction of sp³-hybridized carbons (Fsp3) is 0.368. The Balaban J connectivity index is 2.11. The smallest absolute Gasteiger partial charge is 0.102 e. The van der Waals surface area contributed by atoms with Gasteiger partial charge in [-0.05, 0) is 17.5 Å². The van der Waals surface area contributed by atoms with Crippen molar-refractivity contribution in [1.29, 1.82) is 0 Å². The topological polar surface area (TPSA) is 35.2 Å². The Morgan fingerprint density at radius 3 is 2.00 bits per heavy atom. The molecule has 2 aromatic rings. The van der Waals surface area contributed by atoms with Crippen LogP contribution in [0, 0.1) is 0 Å². The third-order valence-electron chi connectivity index (χ3n) is 3.68. The van der Waals surface area contributed by atoms with E-state index >= 15 is 0 Å². The normalized spacial score (nSPS) is 13.8. The third-order valence-corrected chi connectivity index (χ3v) is 3.68. The summed E-state index contributed by atoms with van der Waals surface area (Å²) in [7, 11) is 0. The average molecular weight is 283 g/mol. The van der Waals surface area contributed by atoms with Crippen LogP contribution in [-0.2, 0) is 4.74 Å². The largest absolute Gasteiger partial charge is 0.372 e. The van der Waals surface area contributed by atoms with Crippen molar-refractivity contribution in [2.45, 2.75) is 38.3 Å². The Hall–Kier alpha value is -1.64. The maximum atomic E-state index is 6.46. The van der Waals surface area contributed by atoms with Gasteiger partial charge in [-0.15, -0.1) is 0 Å². The maximum Gasteiger partial charge on any atom is 0.102 e. The van der Waals surface area contributed by atoms with E-state index in [1.807, 2.05) is 36.4 Å². The molecule has 0 heterocycles. The molecule has 2 atom stereocenters. The quantitative estimate of drug-likeness (QED) is 0.717. The SMILES string of the molecule is CCCCCOC(c1ccccc1)C(N)c1ccccc1. The predicted octanol–water partition coefficient (Wildman–Crippen LogP) is 4.63. The van der Waals surface area contributed by atoms with Crippen molar-refractivity contribution in [2.75, 3.05) is 6.61 Å². The molecule has 112 valence electrons. The molecule has 0 amide bonds. The zero-order valence-corrected chi connectivity index (χ0v) is 12.7. The van der Waals surface area contributed by atoms with Crippen molar-refractivity contribution in [1.82, 2.24) is 0 Å². The summed E-state index contributed by atoms with van der Waals surface area (Å²) < 4.78 is 6.12. The number of benzene rings is 2. The molecule has 0 aliphatic carbocycles. The van der Waals surface area contributed by atoms with Crippen LogP contribution in [0.15, 0.2) is 60.7 Å². The minimum Gasteiger partial charge on any atom is -0.372 e. The lowest BCUT2D eigenvalue weighted by molar-refractivity contribution is 0.0317. The summed E-state index contributed by atoms with van der Waals surface area (Å²) in [6.07, 6.45) is 3.39. The van der Waals surface area contributed by atoms with Crippen LogP contribution in [0.3, 0.4) is 0 Å². The molecular formula is C19H25NO. The van der Waals surface area contributed by atoms with Crippen molar-refractivity contribution < 1.29 is 4.74 Å². The fourth-order valence-electron chi connectivity index (χ4n) is 2.46. The summed E-state index contributed by atoms with van der Waals surface area (Å²) in [6, 6.07) is 20.3.